The van der Waals surface area contributed by atoms with Gasteiger partial charge in [-0.05, 0) is 55.2 Å². The number of rotatable bonds is 6. The van der Waals surface area contributed by atoms with Crippen molar-refractivity contribution in [1.29, 1.82) is 0 Å². The Kier molecular flexibility index (Phi) is 7.86. The fourth-order valence-electron chi connectivity index (χ4n) is 2.20. The van der Waals surface area contributed by atoms with Gasteiger partial charge in [-0.2, -0.15) is 0 Å². The van der Waals surface area contributed by atoms with Crippen LogP contribution in [-0.2, 0) is 0 Å². The fraction of sp³-hybridized carbons (Fsp3) is 0.300. The number of hydrazine groups is 1. The first-order chi connectivity index (χ1) is 12.8. The summed E-state index contributed by atoms with van der Waals surface area (Å²) in [5, 5.41) is 0. The van der Waals surface area contributed by atoms with Gasteiger partial charge in [-0.1, -0.05) is 51.8 Å². The monoisotopic (exact) mass is 496 g/mol. The number of hydrogen-bond acceptors (Lipinski definition) is 3. The fourth-order valence-corrected chi connectivity index (χ4v) is 2.94. The molecule has 0 fully saturated rings. The maximum Gasteiger partial charge on any atom is 0.273 e. The Labute approximate surface area is 176 Å². The maximum atomic E-state index is 12.5. The van der Waals surface area contributed by atoms with Gasteiger partial charge in [-0.15, -0.1) is 0 Å². The van der Waals surface area contributed by atoms with E-state index in [2.05, 4.69) is 56.6 Å². The van der Waals surface area contributed by atoms with Crippen molar-refractivity contribution in [2.24, 2.45) is 5.92 Å². The number of benzene rings is 2. The number of hydrogen-bond donors (Lipinski definition) is 2. The number of ether oxygens (including phenoxy) is 1. The van der Waals surface area contributed by atoms with E-state index < -0.39 is 11.8 Å². The molecule has 2 rings (SSSR count). The Bertz CT molecular complexity index is 838. The SMILES string of the molecule is Cc1ccc(C(=O)NNC(=O)c2cc(Br)ccc2OCCC(C)C)cc1Br. The van der Waals surface area contributed by atoms with Gasteiger partial charge in [-0.25, -0.2) is 0 Å². The van der Waals surface area contributed by atoms with Crippen molar-refractivity contribution in [3.05, 3.63) is 62.0 Å². The zero-order valence-electron chi connectivity index (χ0n) is 15.4. The van der Waals surface area contributed by atoms with E-state index in [4.69, 9.17) is 4.74 Å². The first-order valence-corrected chi connectivity index (χ1v) is 10.2. The molecule has 7 heteroatoms. The summed E-state index contributed by atoms with van der Waals surface area (Å²) in [6.45, 7) is 6.67. The van der Waals surface area contributed by atoms with Crippen LogP contribution in [0.15, 0.2) is 45.3 Å². The Morgan fingerprint density at radius 2 is 1.74 bits per heavy atom. The number of nitrogens with one attached hydrogen (secondary N) is 2. The first-order valence-electron chi connectivity index (χ1n) is 8.57. The van der Waals surface area contributed by atoms with Gasteiger partial charge in [0.05, 0.1) is 12.2 Å². The molecular formula is C20H22Br2N2O3. The Balaban J connectivity index is 2.05. The Morgan fingerprint density at radius 3 is 2.41 bits per heavy atom. The topological polar surface area (TPSA) is 67.4 Å². The second-order valence-electron chi connectivity index (χ2n) is 6.54. The molecule has 2 aromatic carbocycles. The molecule has 0 spiro atoms. The molecule has 0 aliphatic heterocycles. The van der Waals surface area contributed by atoms with Gasteiger partial charge in [0.1, 0.15) is 5.75 Å². The van der Waals surface area contributed by atoms with Crippen LogP contribution in [0.25, 0.3) is 0 Å². The van der Waals surface area contributed by atoms with Crippen molar-refractivity contribution in [2.45, 2.75) is 27.2 Å². The quantitative estimate of drug-likeness (QED) is 0.550. The zero-order chi connectivity index (χ0) is 20.0. The van der Waals surface area contributed by atoms with Crippen LogP contribution in [0.1, 0.15) is 46.5 Å². The van der Waals surface area contributed by atoms with Gasteiger partial charge in [0.15, 0.2) is 0 Å². The lowest BCUT2D eigenvalue weighted by molar-refractivity contribution is 0.0844. The van der Waals surface area contributed by atoms with Crippen molar-refractivity contribution < 1.29 is 14.3 Å². The molecule has 27 heavy (non-hydrogen) atoms. The molecule has 2 amide bonds. The molecule has 0 atom stereocenters. The van der Waals surface area contributed by atoms with E-state index in [-0.39, 0.29) is 0 Å². The zero-order valence-corrected chi connectivity index (χ0v) is 18.6. The highest BCUT2D eigenvalue weighted by Crippen LogP contribution is 2.24. The molecule has 0 heterocycles. The standard InChI is InChI=1S/C20H22Br2N2O3/c1-12(2)8-9-27-18-7-6-15(21)11-16(18)20(26)24-23-19(25)14-5-4-13(3)17(22)10-14/h4-7,10-12H,8-9H2,1-3H3,(H,23,25)(H,24,26). The highest BCUT2D eigenvalue weighted by molar-refractivity contribution is 9.10. The van der Waals surface area contributed by atoms with Crippen molar-refractivity contribution >= 4 is 43.7 Å². The molecule has 0 saturated heterocycles. The normalized spacial score (nSPS) is 10.6. The van der Waals surface area contributed by atoms with Gasteiger partial charge < -0.3 is 4.74 Å². The Morgan fingerprint density at radius 1 is 1.04 bits per heavy atom. The summed E-state index contributed by atoms with van der Waals surface area (Å²) in [4.78, 5) is 24.8. The van der Waals surface area contributed by atoms with Crippen LogP contribution < -0.4 is 15.6 Å². The molecule has 2 aromatic rings. The lowest BCUT2D eigenvalue weighted by atomic mass is 10.1. The van der Waals surface area contributed by atoms with Crippen LogP contribution in [0.4, 0.5) is 0 Å². The summed E-state index contributed by atoms with van der Waals surface area (Å²) in [6, 6.07) is 10.4. The number of amides is 2. The largest absolute Gasteiger partial charge is 0.493 e. The summed E-state index contributed by atoms with van der Waals surface area (Å²) >= 11 is 6.75. The van der Waals surface area contributed by atoms with Gasteiger partial charge in [0.2, 0.25) is 0 Å². The van der Waals surface area contributed by atoms with Crippen molar-refractivity contribution in [2.75, 3.05) is 6.61 Å². The highest BCUT2D eigenvalue weighted by Gasteiger charge is 2.15. The van der Waals surface area contributed by atoms with E-state index in [0.29, 0.717) is 29.4 Å². The van der Waals surface area contributed by atoms with E-state index in [0.717, 1.165) is 20.9 Å². The van der Waals surface area contributed by atoms with E-state index in [9.17, 15) is 9.59 Å². The molecule has 0 aromatic heterocycles. The Hall–Kier alpha value is -1.86. The van der Waals surface area contributed by atoms with Crippen LogP contribution in [0.2, 0.25) is 0 Å². The third-order valence-corrected chi connectivity index (χ3v) is 5.21. The van der Waals surface area contributed by atoms with Crippen LogP contribution in [-0.4, -0.2) is 18.4 Å². The smallest absolute Gasteiger partial charge is 0.273 e. The predicted molar refractivity (Wildman–Crippen MR) is 113 cm³/mol. The van der Waals surface area contributed by atoms with E-state index in [1.54, 1.807) is 24.3 Å². The first kappa shape index (κ1) is 21.4. The summed E-state index contributed by atoms with van der Waals surface area (Å²) < 4.78 is 7.32. The molecule has 2 N–H and O–H groups in total. The molecule has 0 aliphatic rings. The third kappa shape index (κ3) is 6.36. The van der Waals surface area contributed by atoms with E-state index in [1.807, 2.05) is 19.1 Å². The van der Waals surface area contributed by atoms with Gasteiger partial charge >= 0.3 is 0 Å². The van der Waals surface area contributed by atoms with E-state index >= 15 is 0 Å². The van der Waals surface area contributed by atoms with Gasteiger partial charge in [0, 0.05) is 14.5 Å². The van der Waals surface area contributed by atoms with Crippen molar-refractivity contribution in [1.82, 2.24) is 10.9 Å². The molecule has 144 valence electrons. The minimum Gasteiger partial charge on any atom is -0.493 e. The predicted octanol–water partition coefficient (Wildman–Crippen LogP) is 5.02. The van der Waals surface area contributed by atoms with Gasteiger partial charge in [-0.3, -0.25) is 20.4 Å². The number of carbonyl (C=O) groups excluding carboxylic acids is 2. The minimum absolute atomic E-state index is 0.346. The molecular weight excluding hydrogens is 476 g/mol. The minimum atomic E-state index is -0.449. The number of carbonyl (C=O) groups is 2. The number of aryl methyl sites for hydroxylation is 1. The summed E-state index contributed by atoms with van der Waals surface area (Å²) in [5.74, 6) is 0.131. The lowest BCUT2D eigenvalue weighted by Gasteiger charge is -2.14. The maximum absolute atomic E-state index is 12.5. The summed E-state index contributed by atoms with van der Waals surface area (Å²) in [5.41, 5.74) is 6.69. The third-order valence-electron chi connectivity index (χ3n) is 3.86. The molecule has 5 nitrogen and oxygen atoms in total. The van der Waals surface area contributed by atoms with Crippen LogP contribution in [0.5, 0.6) is 5.75 Å². The second-order valence-corrected chi connectivity index (χ2v) is 8.31. The van der Waals surface area contributed by atoms with Crippen LogP contribution in [0.3, 0.4) is 0 Å². The molecule has 0 saturated carbocycles. The van der Waals surface area contributed by atoms with Crippen LogP contribution in [0, 0.1) is 12.8 Å². The second kappa shape index (κ2) is 9.90. The lowest BCUT2D eigenvalue weighted by Crippen LogP contribution is -2.41. The van der Waals surface area contributed by atoms with E-state index in [1.165, 1.54) is 0 Å². The average Bonchev–Trinajstić information content (AvgIpc) is 2.62. The highest BCUT2D eigenvalue weighted by atomic mass is 79.9. The average molecular weight is 498 g/mol. The van der Waals surface area contributed by atoms with Gasteiger partial charge in [0.25, 0.3) is 11.8 Å². The summed E-state index contributed by atoms with van der Waals surface area (Å²) in [6.07, 6.45) is 0.885. The van der Waals surface area contributed by atoms with Crippen molar-refractivity contribution in [3.8, 4) is 5.75 Å². The molecule has 0 unspecified atom stereocenters. The van der Waals surface area contributed by atoms with Crippen molar-refractivity contribution in [3.63, 3.8) is 0 Å². The molecule has 0 bridgehead atoms. The molecule has 0 radical (unpaired) electrons. The van der Waals surface area contributed by atoms with Crippen LogP contribution >= 0.6 is 31.9 Å². The molecule has 0 aliphatic carbocycles. The number of halogens is 2. The summed E-state index contributed by atoms with van der Waals surface area (Å²) in [7, 11) is 0.